The number of alkyl halides is 3. The maximum absolute atomic E-state index is 13.8. The minimum atomic E-state index is -5.08. The number of aromatic nitrogens is 5. The van der Waals surface area contributed by atoms with Crippen molar-refractivity contribution >= 4 is 0 Å². The molecule has 9 nitrogen and oxygen atoms in total. The summed E-state index contributed by atoms with van der Waals surface area (Å²) in [6, 6.07) is 2.52. The van der Waals surface area contributed by atoms with E-state index in [1.807, 2.05) is 0 Å². The Labute approximate surface area is 163 Å². The first-order chi connectivity index (χ1) is 13.9. The van der Waals surface area contributed by atoms with Crippen LogP contribution in [0.5, 0.6) is 0 Å². The van der Waals surface area contributed by atoms with Crippen LogP contribution < -0.4 is 22.2 Å². The highest BCUT2D eigenvalue weighted by molar-refractivity contribution is 5.55. The summed E-state index contributed by atoms with van der Waals surface area (Å²) in [5.74, 6) is -1.57. The Balaban J connectivity index is 2.28. The fraction of sp³-hybridized carbons (Fsp3) is 0.235. The number of benzene rings is 1. The minimum Gasteiger partial charge on any atom is -0.302 e. The monoisotopic (exact) mass is 427 g/mol. The normalized spacial score (nSPS) is 11.7. The molecule has 0 unspecified atom stereocenters. The molecule has 0 bridgehead atoms. The zero-order valence-corrected chi connectivity index (χ0v) is 15.5. The molecule has 0 fully saturated rings. The van der Waals surface area contributed by atoms with Crippen molar-refractivity contribution in [3.63, 3.8) is 0 Å². The quantitative estimate of drug-likeness (QED) is 0.474. The second kappa shape index (κ2) is 7.24. The SMILES string of the molecule is Cn1nc(-c2c[nH]n(C)c(=O)c2=O)c(=O)n(Cc2cccc(F)c2C(F)(F)F)c1=O. The lowest BCUT2D eigenvalue weighted by atomic mass is 10.1. The maximum Gasteiger partial charge on any atom is 0.419 e. The highest BCUT2D eigenvalue weighted by Crippen LogP contribution is 2.34. The number of aromatic amines is 1. The standard InChI is InChI=1S/C17H13F4N5O4/c1-24-15(29)13(27)9(6-22-24)12-14(28)26(16(30)25(2)23-12)7-8-4-3-5-10(18)11(8)17(19,20)21/h3-6,22H,7H2,1-2H3. The first-order valence-electron chi connectivity index (χ1n) is 8.25. The topological polar surface area (TPSA) is 112 Å². The van der Waals surface area contributed by atoms with E-state index in [0.29, 0.717) is 15.3 Å². The van der Waals surface area contributed by atoms with Gasteiger partial charge in [-0.3, -0.25) is 23.6 Å². The van der Waals surface area contributed by atoms with Gasteiger partial charge in [0.1, 0.15) is 5.82 Å². The molecule has 3 rings (SSSR count). The molecule has 0 aliphatic carbocycles. The highest BCUT2D eigenvalue weighted by Gasteiger charge is 2.37. The van der Waals surface area contributed by atoms with E-state index < -0.39 is 63.2 Å². The van der Waals surface area contributed by atoms with Crippen molar-refractivity contribution in [3.05, 3.63) is 82.8 Å². The van der Waals surface area contributed by atoms with Crippen LogP contribution in [0.15, 0.2) is 43.6 Å². The average Bonchev–Trinajstić information content (AvgIpc) is 2.66. The molecule has 0 spiro atoms. The van der Waals surface area contributed by atoms with E-state index in [0.717, 1.165) is 30.1 Å². The number of halogens is 4. The van der Waals surface area contributed by atoms with Gasteiger partial charge >= 0.3 is 17.4 Å². The average molecular weight is 427 g/mol. The molecule has 30 heavy (non-hydrogen) atoms. The van der Waals surface area contributed by atoms with Crippen LogP contribution in [0.2, 0.25) is 0 Å². The second-order valence-electron chi connectivity index (χ2n) is 6.30. The third kappa shape index (κ3) is 3.49. The van der Waals surface area contributed by atoms with Crippen molar-refractivity contribution in [3.8, 4) is 11.3 Å². The smallest absolute Gasteiger partial charge is 0.302 e. The lowest BCUT2D eigenvalue weighted by Crippen LogP contribution is -2.43. The van der Waals surface area contributed by atoms with Crippen LogP contribution >= 0.6 is 0 Å². The van der Waals surface area contributed by atoms with Gasteiger partial charge in [0.25, 0.3) is 11.0 Å². The van der Waals surface area contributed by atoms with Gasteiger partial charge in [-0.05, 0) is 11.6 Å². The lowest BCUT2D eigenvalue weighted by molar-refractivity contribution is -0.140. The second-order valence-corrected chi connectivity index (χ2v) is 6.30. The third-order valence-corrected chi connectivity index (χ3v) is 4.32. The zero-order valence-electron chi connectivity index (χ0n) is 15.5. The molecular formula is C17H13F4N5O4. The molecule has 0 aliphatic rings. The van der Waals surface area contributed by atoms with Crippen molar-refractivity contribution < 1.29 is 17.6 Å². The van der Waals surface area contributed by atoms with Gasteiger partial charge in [-0.25, -0.2) is 13.9 Å². The van der Waals surface area contributed by atoms with E-state index in [4.69, 9.17) is 0 Å². The molecule has 0 atom stereocenters. The minimum absolute atomic E-state index is 0.378. The van der Waals surface area contributed by atoms with Crippen LogP contribution in [0.4, 0.5) is 17.6 Å². The predicted octanol–water partition coefficient (Wildman–Crippen LogP) is 0.202. The summed E-state index contributed by atoms with van der Waals surface area (Å²) in [6.07, 6.45) is -4.07. The Morgan fingerprint density at radius 2 is 1.73 bits per heavy atom. The first-order valence-corrected chi connectivity index (χ1v) is 8.25. The molecule has 0 saturated carbocycles. The van der Waals surface area contributed by atoms with E-state index in [9.17, 15) is 36.7 Å². The summed E-state index contributed by atoms with van der Waals surface area (Å²) in [5, 5.41) is 6.08. The van der Waals surface area contributed by atoms with Crippen LogP contribution in [0.25, 0.3) is 11.3 Å². The Kier molecular flexibility index (Phi) is 5.06. The Hall–Kier alpha value is -3.77. The Morgan fingerprint density at radius 3 is 2.37 bits per heavy atom. The van der Waals surface area contributed by atoms with Gasteiger partial charge in [0.2, 0.25) is 0 Å². The largest absolute Gasteiger partial charge is 0.419 e. The number of nitrogens with zero attached hydrogens (tertiary/aromatic N) is 4. The summed E-state index contributed by atoms with van der Waals surface area (Å²) in [4.78, 5) is 49.2. The van der Waals surface area contributed by atoms with Gasteiger partial charge in [-0.1, -0.05) is 12.1 Å². The van der Waals surface area contributed by atoms with Crippen molar-refractivity contribution in [1.29, 1.82) is 0 Å². The summed E-state index contributed by atoms with van der Waals surface area (Å²) in [7, 11) is 2.36. The summed E-state index contributed by atoms with van der Waals surface area (Å²) in [6.45, 7) is -0.934. The van der Waals surface area contributed by atoms with Gasteiger partial charge < -0.3 is 5.10 Å². The number of aryl methyl sites for hydroxylation is 2. The summed E-state index contributed by atoms with van der Waals surface area (Å²) >= 11 is 0. The molecule has 2 aromatic heterocycles. The molecule has 0 radical (unpaired) electrons. The highest BCUT2D eigenvalue weighted by atomic mass is 19.4. The van der Waals surface area contributed by atoms with Gasteiger partial charge in [-0.15, -0.1) is 0 Å². The van der Waals surface area contributed by atoms with E-state index in [-0.39, 0.29) is 0 Å². The Morgan fingerprint density at radius 1 is 1.07 bits per heavy atom. The fourth-order valence-corrected chi connectivity index (χ4v) is 2.85. The van der Waals surface area contributed by atoms with Gasteiger partial charge in [-0.2, -0.15) is 18.3 Å². The van der Waals surface area contributed by atoms with E-state index in [2.05, 4.69) is 10.2 Å². The molecule has 13 heteroatoms. The van der Waals surface area contributed by atoms with Crippen LogP contribution in [-0.4, -0.2) is 24.1 Å². The Bertz CT molecular complexity index is 1380. The first kappa shape index (κ1) is 21.0. The lowest BCUT2D eigenvalue weighted by Gasteiger charge is -2.15. The number of H-pyrrole nitrogens is 1. The van der Waals surface area contributed by atoms with Crippen LogP contribution in [0, 0.1) is 5.82 Å². The van der Waals surface area contributed by atoms with Crippen molar-refractivity contribution in [2.75, 3.05) is 0 Å². The molecule has 0 aliphatic heterocycles. The number of nitrogens with one attached hydrogen (secondary N) is 1. The van der Waals surface area contributed by atoms with E-state index in [1.165, 1.54) is 7.05 Å². The summed E-state index contributed by atoms with van der Waals surface area (Å²) < 4.78 is 55.5. The number of rotatable bonds is 3. The molecule has 2 heterocycles. The molecule has 1 N–H and O–H groups in total. The molecule has 0 saturated heterocycles. The van der Waals surface area contributed by atoms with Gasteiger partial charge in [0, 0.05) is 20.3 Å². The summed E-state index contributed by atoms with van der Waals surface area (Å²) in [5.41, 5.74) is -7.81. The maximum atomic E-state index is 13.8. The van der Waals surface area contributed by atoms with Gasteiger partial charge in [0.05, 0.1) is 17.7 Å². The van der Waals surface area contributed by atoms with Crippen LogP contribution in [0.1, 0.15) is 11.1 Å². The molecule has 1 aromatic carbocycles. The van der Waals surface area contributed by atoms with Crippen molar-refractivity contribution in [2.24, 2.45) is 14.1 Å². The third-order valence-electron chi connectivity index (χ3n) is 4.32. The van der Waals surface area contributed by atoms with E-state index in [1.54, 1.807) is 0 Å². The molecular weight excluding hydrogens is 414 g/mol. The van der Waals surface area contributed by atoms with Crippen molar-refractivity contribution in [1.82, 2.24) is 24.1 Å². The molecule has 158 valence electrons. The predicted molar refractivity (Wildman–Crippen MR) is 95.5 cm³/mol. The van der Waals surface area contributed by atoms with Gasteiger partial charge in [0.15, 0.2) is 5.69 Å². The fourth-order valence-electron chi connectivity index (χ4n) is 2.85. The molecule has 0 amide bonds. The van der Waals surface area contributed by atoms with E-state index >= 15 is 0 Å². The number of hydrogen-bond donors (Lipinski definition) is 1. The zero-order chi connectivity index (χ0) is 22.4. The van der Waals surface area contributed by atoms with Crippen LogP contribution in [-0.2, 0) is 26.8 Å². The van der Waals surface area contributed by atoms with Crippen LogP contribution in [0.3, 0.4) is 0 Å². The molecule has 3 aromatic rings. The van der Waals surface area contributed by atoms with Crippen molar-refractivity contribution in [2.45, 2.75) is 12.7 Å². The number of hydrogen-bond acceptors (Lipinski definition) is 5.